The zero-order chi connectivity index (χ0) is 14.9. The van der Waals surface area contributed by atoms with Gasteiger partial charge in [0, 0.05) is 19.1 Å². The van der Waals surface area contributed by atoms with Crippen molar-refractivity contribution in [2.75, 3.05) is 20.2 Å². The summed E-state index contributed by atoms with van der Waals surface area (Å²) in [6, 6.07) is 3.44. The standard InChI is InChI=1S/C11H15N3O5S/c1-19-9-2-3-11(10(6-9)14(15)16)20(17,18)13-5-4-8(12)7-13/h2-3,6,8H,4-5,7,12H2,1H3/t8-/m1/s1. The van der Waals surface area contributed by atoms with Crippen molar-refractivity contribution in [2.24, 2.45) is 5.73 Å². The van der Waals surface area contributed by atoms with E-state index >= 15 is 0 Å². The molecule has 0 radical (unpaired) electrons. The van der Waals surface area contributed by atoms with Gasteiger partial charge in [-0.25, -0.2) is 8.42 Å². The Morgan fingerprint density at radius 1 is 1.50 bits per heavy atom. The molecule has 1 aliphatic heterocycles. The minimum Gasteiger partial charge on any atom is -0.497 e. The first-order valence-corrected chi connectivity index (χ1v) is 7.38. The van der Waals surface area contributed by atoms with Crippen molar-refractivity contribution in [2.45, 2.75) is 17.4 Å². The highest BCUT2D eigenvalue weighted by Gasteiger charge is 2.35. The number of nitro benzene ring substituents is 1. The molecule has 8 nitrogen and oxygen atoms in total. The Kier molecular flexibility index (Phi) is 3.93. The zero-order valence-corrected chi connectivity index (χ0v) is 11.7. The Bertz CT molecular complexity index is 631. The molecule has 0 aromatic heterocycles. The molecule has 110 valence electrons. The molecule has 2 N–H and O–H groups in total. The lowest BCUT2D eigenvalue weighted by Gasteiger charge is -2.16. The summed E-state index contributed by atoms with van der Waals surface area (Å²) in [6.45, 7) is 0.443. The number of methoxy groups -OCH3 is 1. The third-order valence-corrected chi connectivity index (χ3v) is 5.08. The highest BCUT2D eigenvalue weighted by molar-refractivity contribution is 7.89. The van der Waals surface area contributed by atoms with Gasteiger partial charge in [-0.05, 0) is 18.6 Å². The van der Waals surface area contributed by atoms with Crippen LogP contribution in [0, 0.1) is 10.1 Å². The van der Waals surface area contributed by atoms with Crippen molar-refractivity contribution < 1.29 is 18.1 Å². The van der Waals surface area contributed by atoms with E-state index in [1.54, 1.807) is 0 Å². The van der Waals surface area contributed by atoms with Gasteiger partial charge in [-0.2, -0.15) is 4.31 Å². The molecular weight excluding hydrogens is 286 g/mol. The zero-order valence-electron chi connectivity index (χ0n) is 10.9. The lowest BCUT2D eigenvalue weighted by Crippen LogP contribution is -2.32. The van der Waals surface area contributed by atoms with Crippen LogP contribution in [-0.4, -0.2) is 43.9 Å². The molecule has 1 atom stereocenters. The van der Waals surface area contributed by atoms with Crippen LogP contribution >= 0.6 is 0 Å². The Balaban J connectivity index is 2.48. The fourth-order valence-corrected chi connectivity index (χ4v) is 3.75. The fourth-order valence-electron chi connectivity index (χ4n) is 2.10. The van der Waals surface area contributed by atoms with Crippen LogP contribution < -0.4 is 10.5 Å². The molecule has 1 aromatic carbocycles. The third kappa shape index (κ3) is 2.60. The number of ether oxygens (including phenoxy) is 1. The SMILES string of the molecule is COc1ccc(S(=O)(=O)N2CC[C@@H](N)C2)c([N+](=O)[O-])c1. The van der Waals surface area contributed by atoms with Gasteiger partial charge >= 0.3 is 0 Å². The molecule has 1 fully saturated rings. The average Bonchev–Trinajstić information content (AvgIpc) is 2.85. The summed E-state index contributed by atoms with van der Waals surface area (Å²) in [6.07, 6.45) is 0.545. The van der Waals surface area contributed by atoms with Gasteiger partial charge in [-0.15, -0.1) is 0 Å². The second kappa shape index (κ2) is 5.35. The van der Waals surface area contributed by atoms with E-state index in [4.69, 9.17) is 10.5 Å². The van der Waals surface area contributed by atoms with E-state index < -0.39 is 20.6 Å². The van der Waals surface area contributed by atoms with E-state index in [1.807, 2.05) is 0 Å². The van der Waals surface area contributed by atoms with Crippen molar-refractivity contribution in [1.82, 2.24) is 4.31 Å². The molecule has 0 spiro atoms. The van der Waals surface area contributed by atoms with Crippen LogP contribution in [-0.2, 0) is 10.0 Å². The number of nitrogens with two attached hydrogens (primary N) is 1. The summed E-state index contributed by atoms with van der Waals surface area (Å²) >= 11 is 0. The minimum absolute atomic E-state index is 0.172. The smallest absolute Gasteiger partial charge is 0.293 e. The topological polar surface area (TPSA) is 116 Å². The van der Waals surface area contributed by atoms with Gasteiger partial charge in [0.1, 0.15) is 5.75 Å². The van der Waals surface area contributed by atoms with Crippen molar-refractivity contribution in [3.63, 3.8) is 0 Å². The van der Waals surface area contributed by atoms with Crippen LogP contribution in [0.3, 0.4) is 0 Å². The van der Waals surface area contributed by atoms with Gasteiger partial charge in [0.2, 0.25) is 10.0 Å². The summed E-state index contributed by atoms with van der Waals surface area (Å²) in [7, 11) is -2.56. The number of hydrogen-bond donors (Lipinski definition) is 1. The fraction of sp³-hybridized carbons (Fsp3) is 0.455. The van der Waals surface area contributed by atoms with E-state index in [0.717, 1.165) is 6.07 Å². The molecule has 1 aliphatic rings. The summed E-state index contributed by atoms with van der Waals surface area (Å²) in [5, 5.41) is 11.1. The molecule has 9 heteroatoms. The number of sulfonamides is 1. The highest BCUT2D eigenvalue weighted by atomic mass is 32.2. The normalized spacial score (nSPS) is 20.0. The number of nitro groups is 1. The number of nitrogens with zero attached hydrogens (tertiary/aromatic N) is 2. The van der Waals surface area contributed by atoms with Crippen molar-refractivity contribution in [3.8, 4) is 5.75 Å². The molecule has 20 heavy (non-hydrogen) atoms. The lowest BCUT2D eigenvalue weighted by molar-refractivity contribution is -0.387. The van der Waals surface area contributed by atoms with E-state index in [9.17, 15) is 18.5 Å². The number of hydrogen-bond acceptors (Lipinski definition) is 6. The molecular formula is C11H15N3O5S. The monoisotopic (exact) mass is 301 g/mol. The second-order valence-electron chi connectivity index (χ2n) is 4.50. The molecule has 1 aromatic rings. The van der Waals surface area contributed by atoms with Gasteiger partial charge in [-0.3, -0.25) is 10.1 Å². The van der Waals surface area contributed by atoms with Gasteiger partial charge in [0.15, 0.2) is 4.90 Å². The first-order valence-electron chi connectivity index (χ1n) is 5.94. The van der Waals surface area contributed by atoms with E-state index in [0.29, 0.717) is 6.42 Å². The van der Waals surface area contributed by atoms with Crippen molar-refractivity contribution in [1.29, 1.82) is 0 Å². The molecule has 0 bridgehead atoms. The lowest BCUT2D eigenvalue weighted by atomic mass is 10.3. The quantitative estimate of drug-likeness (QED) is 0.632. The van der Waals surface area contributed by atoms with E-state index in [-0.39, 0.29) is 29.8 Å². The Labute approximate surface area is 116 Å². The van der Waals surface area contributed by atoms with E-state index in [1.165, 1.54) is 23.5 Å². The minimum atomic E-state index is -3.92. The van der Waals surface area contributed by atoms with Crippen LogP contribution in [0.5, 0.6) is 5.75 Å². The molecule has 0 unspecified atom stereocenters. The molecule has 0 saturated carbocycles. The van der Waals surface area contributed by atoms with Gasteiger partial charge in [0.05, 0.1) is 18.1 Å². The Morgan fingerprint density at radius 3 is 2.70 bits per heavy atom. The number of rotatable bonds is 4. The molecule has 0 aliphatic carbocycles. The Morgan fingerprint density at radius 2 is 2.20 bits per heavy atom. The molecule has 2 rings (SSSR count). The van der Waals surface area contributed by atoms with E-state index in [2.05, 4.69) is 0 Å². The van der Waals surface area contributed by atoms with Crippen LogP contribution in [0.2, 0.25) is 0 Å². The maximum Gasteiger partial charge on any atom is 0.293 e. The first kappa shape index (κ1) is 14.7. The van der Waals surface area contributed by atoms with Crippen LogP contribution in [0.4, 0.5) is 5.69 Å². The maximum absolute atomic E-state index is 12.4. The molecule has 1 saturated heterocycles. The second-order valence-corrected chi connectivity index (χ2v) is 6.41. The summed E-state index contributed by atoms with van der Waals surface area (Å²) in [4.78, 5) is 9.99. The summed E-state index contributed by atoms with van der Waals surface area (Å²) < 4.78 is 30.9. The van der Waals surface area contributed by atoms with Crippen LogP contribution in [0.25, 0.3) is 0 Å². The van der Waals surface area contributed by atoms with Crippen LogP contribution in [0.1, 0.15) is 6.42 Å². The van der Waals surface area contributed by atoms with Gasteiger partial charge < -0.3 is 10.5 Å². The highest BCUT2D eigenvalue weighted by Crippen LogP contribution is 2.31. The van der Waals surface area contributed by atoms with Crippen LogP contribution in [0.15, 0.2) is 23.1 Å². The van der Waals surface area contributed by atoms with Gasteiger partial charge in [0.25, 0.3) is 5.69 Å². The van der Waals surface area contributed by atoms with Gasteiger partial charge in [-0.1, -0.05) is 0 Å². The predicted molar refractivity (Wildman–Crippen MR) is 71.0 cm³/mol. The number of benzene rings is 1. The third-order valence-electron chi connectivity index (χ3n) is 3.17. The van der Waals surface area contributed by atoms with Crippen molar-refractivity contribution in [3.05, 3.63) is 28.3 Å². The average molecular weight is 301 g/mol. The maximum atomic E-state index is 12.4. The predicted octanol–water partition coefficient (Wildman–Crippen LogP) is 0.325. The Hall–Kier alpha value is -1.71. The van der Waals surface area contributed by atoms with Crippen molar-refractivity contribution >= 4 is 15.7 Å². The molecule has 0 amide bonds. The largest absolute Gasteiger partial charge is 0.497 e. The molecule has 1 heterocycles. The first-order chi connectivity index (χ1) is 9.36. The summed E-state index contributed by atoms with van der Waals surface area (Å²) in [5.41, 5.74) is 5.19. The summed E-state index contributed by atoms with van der Waals surface area (Å²) in [5.74, 6) is 0.230.